The van der Waals surface area contributed by atoms with Gasteiger partial charge in [0.05, 0.1) is 0 Å². The second-order valence-electron chi connectivity index (χ2n) is 10.7. The van der Waals surface area contributed by atoms with Gasteiger partial charge < -0.3 is 17.3 Å². The maximum Gasteiger partial charge on any atom is 0.103 e. The fourth-order valence-electron chi connectivity index (χ4n) is 3.89. The first-order valence-corrected chi connectivity index (χ1v) is 11.2. The summed E-state index contributed by atoms with van der Waals surface area (Å²) in [5.41, 5.74) is 7.39. The SMILES string of the molecule is CC(C)(C)c1ccc(C[NH+](Cc2ccccc2)Cc2ccc(C(C)(C)C)cc2)cc1.[Cl-]. The number of nitrogens with one attached hydrogen (secondary N) is 1. The first kappa shape index (κ1) is 25.2. The van der Waals surface area contributed by atoms with Crippen LogP contribution in [0.4, 0.5) is 0 Å². The zero-order chi connectivity index (χ0) is 21.8. The lowest BCUT2D eigenvalue weighted by Crippen LogP contribution is -3.08. The van der Waals surface area contributed by atoms with E-state index in [1.807, 2.05) is 0 Å². The highest BCUT2D eigenvalue weighted by Crippen LogP contribution is 2.23. The van der Waals surface area contributed by atoms with E-state index in [4.69, 9.17) is 0 Å². The molecule has 3 rings (SSSR count). The van der Waals surface area contributed by atoms with E-state index in [2.05, 4.69) is 120 Å². The van der Waals surface area contributed by atoms with Crippen LogP contribution >= 0.6 is 0 Å². The predicted octanol–water partition coefficient (Wildman–Crippen LogP) is 3.07. The Labute approximate surface area is 195 Å². The van der Waals surface area contributed by atoms with Crippen LogP contribution in [-0.2, 0) is 30.5 Å². The molecule has 2 heteroatoms. The lowest BCUT2D eigenvalue weighted by molar-refractivity contribution is -0.941. The average Bonchev–Trinajstić information content (AvgIpc) is 2.68. The smallest absolute Gasteiger partial charge is 0.103 e. The van der Waals surface area contributed by atoms with Gasteiger partial charge in [0.25, 0.3) is 0 Å². The average molecular weight is 436 g/mol. The zero-order valence-corrected chi connectivity index (χ0v) is 20.8. The van der Waals surface area contributed by atoms with Gasteiger partial charge in [-0.05, 0) is 22.0 Å². The van der Waals surface area contributed by atoms with Gasteiger partial charge in [-0.25, -0.2) is 0 Å². The fourth-order valence-corrected chi connectivity index (χ4v) is 3.89. The molecule has 166 valence electrons. The zero-order valence-electron chi connectivity index (χ0n) is 20.0. The topological polar surface area (TPSA) is 4.44 Å². The van der Waals surface area contributed by atoms with Crippen molar-refractivity contribution < 1.29 is 17.3 Å². The quantitative estimate of drug-likeness (QED) is 0.607. The Hall–Kier alpha value is -2.09. The normalized spacial score (nSPS) is 12.0. The molecule has 0 bridgehead atoms. The summed E-state index contributed by atoms with van der Waals surface area (Å²) in [6, 6.07) is 29.3. The highest BCUT2D eigenvalue weighted by molar-refractivity contribution is 5.28. The molecule has 0 saturated heterocycles. The summed E-state index contributed by atoms with van der Waals surface area (Å²) in [7, 11) is 0. The highest BCUT2D eigenvalue weighted by Gasteiger charge is 2.17. The van der Waals surface area contributed by atoms with Gasteiger partial charge in [0.2, 0.25) is 0 Å². The van der Waals surface area contributed by atoms with Crippen molar-refractivity contribution in [3.05, 3.63) is 107 Å². The van der Waals surface area contributed by atoms with Crippen molar-refractivity contribution in [3.63, 3.8) is 0 Å². The van der Waals surface area contributed by atoms with Crippen LogP contribution in [0.3, 0.4) is 0 Å². The van der Waals surface area contributed by atoms with Gasteiger partial charge in [0.15, 0.2) is 0 Å². The molecule has 0 amide bonds. The molecule has 0 aliphatic rings. The number of benzene rings is 3. The van der Waals surface area contributed by atoms with Crippen LogP contribution in [0.15, 0.2) is 78.9 Å². The first-order chi connectivity index (χ1) is 14.1. The van der Waals surface area contributed by atoms with Crippen molar-refractivity contribution in [1.29, 1.82) is 0 Å². The van der Waals surface area contributed by atoms with Gasteiger partial charge in [-0.2, -0.15) is 0 Å². The van der Waals surface area contributed by atoms with E-state index in [-0.39, 0.29) is 23.2 Å². The third-order valence-corrected chi connectivity index (χ3v) is 5.85. The summed E-state index contributed by atoms with van der Waals surface area (Å²) < 4.78 is 0. The minimum absolute atomic E-state index is 0. The highest BCUT2D eigenvalue weighted by atomic mass is 35.5. The molecule has 0 aliphatic heterocycles. The van der Waals surface area contributed by atoms with Gasteiger partial charge in [-0.1, -0.05) is 120 Å². The summed E-state index contributed by atoms with van der Waals surface area (Å²) in [4.78, 5) is 1.56. The van der Waals surface area contributed by atoms with E-state index in [1.165, 1.54) is 27.8 Å². The second-order valence-corrected chi connectivity index (χ2v) is 10.7. The van der Waals surface area contributed by atoms with Gasteiger partial charge in [-0.15, -0.1) is 0 Å². The van der Waals surface area contributed by atoms with Gasteiger partial charge in [0.1, 0.15) is 19.6 Å². The molecule has 1 nitrogen and oxygen atoms in total. The lowest BCUT2D eigenvalue weighted by atomic mass is 9.86. The maximum atomic E-state index is 2.31. The summed E-state index contributed by atoms with van der Waals surface area (Å²) in [6.45, 7) is 16.7. The van der Waals surface area contributed by atoms with Crippen LogP contribution in [0.25, 0.3) is 0 Å². The van der Waals surface area contributed by atoms with Crippen molar-refractivity contribution in [2.45, 2.75) is 72.0 Å². The Bertz CT molecular complexity index is 854. The third kappa shape index (κ3) is 7.52. The van der Waals surface area contributed by atoms with Crippen LogP contribution in [0.1, 0.15) is 69.4 Å². The molecule has 0 spiro atoms. The molecule has 0 aliphatic carbocycles. The molecule has 0 saturated carbocycles. The maximum absolute atomic E-state index is 2.31. The monoisotopic (exact) mass is 435 g/mol. The third-order valence-electron chi connectivity index (χ3n) is 5.85. The van der Waals surface area contributed by atoms with Gasteiger partial charge >= 0.3 is 0 Å². The van der Waals surface area contributed by atoms with E-state index >= 15 is 0 Å². The van der Waals surface area contributed by atoms with Crippen molar-refractivity contribution in [1.82, 2.24) is 0 Å². The molecule has 3 aromatic carbocycles. The van der Waals surface area contributed by atoms with E-state index < -0.39 is 0 Å². The van der Waals surface area contributed by atoms with Crippen LogP contribution in [-0.4, -0.2) is 0 Å². The Morgan fingerprint density at radius 3 is 1.13 bits per heavy atom. The summed E-state index contributed by atoms with van der Waals surface area (Å²) in [6.07, 6.45) is 0. The lowest BCUT2D eigenvalue weighted by Gasteiger charge is -2.23. The standard InChI is InChI=1S/C29H37N.ClH/c1-28(2,3)26-16-12-24(13-17-26)21-30(20-23-10-8-7-9-11-23)22-25-14-18-27(19-15-25)29(4,5)6;/h7-19H,20-22H2,1-6H3;1H. The summed E-state index contributed by atoms with van der Waals surface area (Å²) in [5, 5.41) is 0. The van der Waals surface area contributed by atoms with E-state index in [0.29, 0.717) is 0 Å². The number of hydrogen-bond donors (Lipinski definition) is 1. The van der Waals surface area contributed by atoms with E-state index in [1.54, 1.807) is 4.90 Å². The Kier molecular flexibility index (Phi) is 8.51. The fraction of sp³-hybridized carbons (Fsp3) is 0.379. The van der Waals surface area contributed by atoms with Crippen LogP contribution in [0, 0.1) is 0 Å². The molecule has 0 aromatic heterocycles. The molecule has 0 fully saturated rings. The molecule has 3 aromatic rings. The number of quaternary nitrogens is 1. The van der Waals surface area contributed by atoms with Crippen LogP contribution in [0.2, 0.25) is 0 Å². The predicted molar refractivity (Wildman–Crippen MR) is 129 cm³/mol. The van der Waals surface area contributed by atoms with E-state index in [9.17, 15) is 0 Å². The molecule has 1 N–H and O–H groups in total. The van der Waals surface area contributed by atoms with Crippen molar-refractivity contribution in [2.24, 2.45) is 0 Å². The molecule has 0 radical (unpaired) electrons. The van der Waals surface area contributed by atoms with Gasteiger partial charge in [0, 0.05) is 16.7 Å². The van der Waals surface area contributed by atoms with Crippen LogP contribution < -0.4 is 17.3 Å². The molecule has 0 atom stereocenters. The van der Waals surface area contributed by atoms with Crippen molar-refractivity contribution in [3.8, 4) is 0 Å². The van der Waals surface area contributed by atoms with Crippen LogP contribution in [0.5, 0.6) is 0 Å². The first-order valence-electron chi connectivity index (χ1n) is 11.2. The number of halogens is 1. The minimum Gasteiger partial charge on any atom is -1.00 e. The summed E-state index contributed by atoms with van der Waals surface area (Å²) in [5.74, 6) is 0. The number of rotatable bonds is 6. The van der Waals surface area contributed by atoms with E-state index in [0.717, 1.165) is 19.6 Å². The molecule has 0 heterocycles. The largest absolute Gasteiger partial charge is 1.00 e. The Balaban J connectivity index is 0.00000341. The molecule has 0 unspecified atom stereocenters. The minimum atomic E-state index is 0. The Morgan fingerprint density at radius 1 is 0.484 bits per heavy atom. The van der Waals surface area contributed by atoms with Gasteiger partial charge in [-0.3, -0.25) is 0 Å². The summed E-state index contributed by atoms with van der Waals surface area (Å²) >= 11 is 0. The van der Waals surface area contributed by atoms with Crippen molar-refractivity contribution in [2.75, 3.05) is 0 Å². The van der Waals surface area contributed by atoms with Crippen molar-refractivity contribution >= 4 is 0 Å². The number of hydrogen-bond acceptors (Lipinski definition) is 0. The second kappa shape index (κ2) is 10.5. The molecule has 31 heavy (non-hydrogen) atoms. The molecular formula is C29H38ClN. The molecular weight excluding hydrogens is 398 g/mol. The Morgan fingerprint density at radius 2 is 0.806 bits per heavy atom.